The molecule has 3 fully saturated rings. The van der Waals surface area contributed by atoms with Crippen molar-refractivity contribution in [3.05, 3.63) is 60.4 Å². The Balaban J connectivity index is 1.06. The zero-order valence-corrected chi connectivity index (χ0v) is 23.7. The van der Waals surface area contributed by atoms with Crippen LogP contribution in [-0.4, -0.2) is 73.6 Å². The van der Waals surface area contributed by atoms with E-state index in [1.807, 2.05) is 12.1 Å². The number of nitrogens with zero attached hydrogens (tertiary/aromatic N) is 6. The van der Waals surface area contributed by atoms with Crippen LogP contribution in [-0.2, 0) is 16.6 Å². The first-order valence-corrected chi connectivity index (χ1v) is 14.8. The van der Waals surface area contributed by atoms with Crippen LogP contribution in [0.3, 0.4) is 0 Å². The fourth-order valence-corrected chi connectivity index (χ4v) is 6.62. The standard InChI is InChI=1S/C30H35F3N8O2/c31-30(32,33)24-6-14-37-27(39-24)41-16-7-20(8-17-41)25(42)28(11-15-34-19-28)40-22-4-9-29(43,10-5-22)23-3-2-21(18-38-23)26-35-12-1-13-36-26/h1-3,6,12-14,18,20,22,34,40,43H,4-5,7-11,15-17,19H2/t22?,28-,29?/m0/s1. The van der Waals surface area contributed by atoms with Crippen LogP contribution in [0.4, 0.5) is 19.1 Å². The van der Waals surface area contributed by atoms with Crippen LogP contribution in [0.2, 0.25) is 0 Å². The van der Waals surface area contributed by atoms with E-state index < -0.39 is 23.0 Å². The van der Waals surface area contributed by atoms with E-state index in [9.17, 15) is 23.1 Å². The summed E-state index contributed by atoms with van der Waals surface area (Å²) in [5.74, 6) is 0.578. The van der Waals surface area contributed by atoms with Crippen molar-refractivity contribution >= 4 is 11.7 Å². The summed E-state index contributed by atoms with van der Waals surface area (Å²) >= 11 is 0. The van der Waals surface area contributed by atoms with Crippen molar-refractivity contribution in [2.75, 3.05) is 31.1 Å². The van der Waals surface area contributed by atoms with E-state index in [4.69, 9.17) is 0 Å². The summed E-state index contributed by atoms with van der Waals surface area (Å²) < 4.78 is 39.4. The molecule has 0 bridgehead atoms. The third-order valence-electron chi connectivity index (χ3n) is 9.07. The van der Waals surface area contributed by atoms with Gasteiger partial charge in [-0.3, -0.25) is 9.78 Å². The van der Waals surface area contributed by atoms with Crippen LogP contribution in [0.15, 0.2) is 49.1 Å². The minimum Gasteiger partial charge on any atom is -0.384 e. The molecule has 3 N–H and O–H groups in total. The quantitative estimate of drug-likeness (QED) is 0.374. The predicted octanol–water partition coefficient (Wildman–Crippen LogP) is 3.29. The van der Waals surface area contributed by atoms with Gasteiger partial charge in [0.25, 0.3) is 0 Å². The molecule has 3 aliphatic rings. The number of aliphatic hydroxyl groups is 1. The number of pyridine rings is 1. The highest BCUT2D eigenvalue weighted by molar-refractivity contribution is 5.91. The largest absolute Gasteiger partial charge is 0.433 e. The Morgan fingerprint density at radius 3 is 2.35 bits per heavy atom. The van der Waals surface area contributed by atoms with Crippen molar-refractivity contribution in [1.29, 1.82) is 0 Å². The second-order valence-corrected chi connectivity index (χ2v) is 11.8. The highest BCUT2D eigenvalue weighted by atomic mass is 19.4. The molecule has 0 radical (unpaired) electrons. The van der Waals surface area contributed by atoms with Gasteiger partial charge in [-0.15, -0.1) is 0 Å². The van der Waals surface area contributed by atoms with Gasteiger partial charge in [0.1, 0.15) is 11.3 Å². The Labute approximate surface area is 247 Å². The molecular formula is C30H35F3N8O2. The van der Waals surface area contributed by atoms with Gasteiger partial charge in [-0.1, -0.05) is 0 Å². The number of carbonyl (C=O) groups excluding carboxylic acids is 1. The predicted molar refractivity (Wildman–Crippen MR) is 152 cm³/mol. The van der Waals surface area contributed by atoms with Crippen LogP contribution in [0.1, 0.15) is 56.3 Å². The normalized spacial score (nSPS) is 26.9. The van der Waals surface area contributed by atoms with Gasteiger partial charge in [0.05, 0.1) is 11.2 Å². The third-order valence-corrected chi connectivity index (χ3v) is 9.07. The maximum Gasteiger partial charge on any atom is 0.433 e. The summed E-state index contributed by atoms with van der Waals surface area (Å²) in [7, 11) is 0. The molecule has 3 aromatic heterocycles. The maximum absolute atomic E-state index is 14.0. The number of hydrogen-bond acceptors (Lipinski definition) is 10. The van der Waals surface area contributed by atoms with Crippen molar-refractivity contribution in [1.82, 2.24) is 35.6 Å². The molecule has 43 heavy (non-hydrogen) atoms. The lowest BCUT2D eigenvalue weighted by Crippen LogP contribution is -2.61. The first-order chi connectivity index (χ1) is 20.7. The monoisotopic (exact) mass is 596 g/mol. The Morgan fingerprint density at radius 2 is 1.72 bits per heavy atom. The van der Waals surface area contributed by atoms with Gasteiger partial charge in [-0.25, -0.2) is 19.9 Å². The summed E-state index contributed by atoms with van der Waals surface area (Å²) in [6.07, 6.45) is 5.80. The lowest BCUT2D eigenvalue weighted by Gasteiger charge is -2.42. The summed E-state index contributed by atoms with van der Waals surface area (Å²) in [5.41, 5.74) is -1.31. The Bertz CT molecular complexity index is 1400. The van der Waals surface area contributed by atoms with Crippen molar-refractivity contribution in [3.63, 3.8) is 0 Å². The van der Waals surface area contributed by atoms with E-state index in [1.165, 1.54) is 0 Å². The number of carbonyl (C=O) groups is 1. The average Bonchev–Trinajstić information content (AvgIpc) is 3.52. The summed E-state index contributed by atoms with van der Waals surface area (Å²) in [5, 5.41) is 18.5. The number of nitrogens with one attached hydrogen (secondary N) is 2. The number of rotatable bonds is 7. The minimum atomic E-state index is -4.53. The molecule has 3 aromatic rings. The Kier molecular flexibility index (Phi) is 8.14. The van der Waals surface area contributed by atoms with E-state index in [-0.39, 0.29) is 23.7 Å². The van der Waals surface area contributed by atoms with Gasteiger partial charge in [0.15, 0.2) is 11.6 Å². The molecule has 5 heterocycles. The van der Waals surface area contributed by atoms with E-state index in [2.05, 4.69) is 35.6 Å². The third kappa shape index (κ3) is 6.24. The number of halogens is 3. The summed E-state index contributed by atoms with van der Waals surface area (Å²) in [6, 6.07) is 6.40. The SMILES string of the molecule is O=C(C1CCN(c2nccc(C(F)(F)F)n2)CC1)[C@]1(NC2CCC(O)(c3ccc(-c4ncccn4)cn3)CC2)CCNC1. The fourth-order valence-electron chi connectivity index (χ4n) is 6.62. The molecule has 0 aromatic carbocycles. The van der Waals surface area contributed by atoms with Crippen molar-refractivity contribution in [2.24, 2.45) is 5.92 Å². The zero-order chi connectivity index (χ0) is 30.1. The van der Waals surface area contributed by atoms with Gasteiger partial charge in [-0.05, 0) is 75.8 Å². The maximum atomic E-state index is 14.0. The van der Waals surface area contributed by atoms with Gasteiger partial charge in [0.2, 0.25) is 5.95 Å². The molecule has 228 valence electrons. The number of alkyl halides is 3. The van der Waals surface area contributed by atoms with Gasteiger partial charge >= 0.3 is 6.18 Å². The van der Waals surface area contributed by atoms with Crippen LogP contribution in [0.25, 0.3) is 11.4 Å². The van der Waals surface area contributed by atoms with Crippen LogP contribution in [0.5, 0.6) is 0 Å². The second kappa shape index (κ2) is 11.9. The highest BCUT2D eigenvalue weighted by Gasteiger charge is 2.47. The number of piperidine rings is 1. The van der Waals surface area contributed by atoms with E-state index in [0.29, 0.717) is 76.1 Å². The van der Waals surface area contributed by atoms with Gasteiger partial charge in [-0.2, -0.15) is 13.2 Å². The van der Waals surface area contributed by atoms with E-state index >= 15 is 0 Å². The van der Waals surface area contributed by atoms with Crippen LogP contribution >= 0.6 is 0 Å². The van der Waals surface area contributed by atoms with Gasteiger partial charge in [0, 0.05) is 61.9 Å². The topological polar surface area (TPSA) is 129 Å². The average molecular weight is 597 g/mol. The number of ketones is 1. The Morgan fingerprint density at radius 1 is 0.977 bits per heavy atom. The molecule has 2 aliphatic heterocycles. The molecule has 10 nitrogen and oxygen atoms in total. The number of anilines is 1. The van der Waals surface area contributed by atoms with Crippen molar-refractivity contribution < 1.29 is 23.1 Å². The van der Waals surface area contributed by atoms with E-state index in [1.54, 1.807) is 29.6 Å². The molecule has 6 rings (SSSR count). The lowest BCUT2D eigenvalue weighted by molar-refractivity contribution is -0.141. The van der Waals surface area contributed by atoms with Crippen LogP contribution in [0, 0.1) is 5.92 Å². The minimum absolute atomic E-state index is 0.0447. The number of aromatic nitrogens is 5. The van der Waals surface area contributed by atoms with Gasteiger partial charge < -0.3 is 20.6 Å². The fraction of sp³-hybridized carbons (Fsp3) is 0.533. The molecule has 0 spiro atoms. The number of Topliss-reactive ketones (excluding diaryl/α,β-unsaturated/α-hetero) is 1. The second-order valence-electron chi connectivity index (χ2n) is 11.8. The lowest BCUT2D eigenvalue weighted by atomic mass is 9.76. The summed E-state index contributed by atoms with van der Waals surface area (Å²) in [4.78, 5) is 36.5. The molecule has 0 amide bonds. The first-order valence-electron chi connectivity index (χ1n) is 14.8. The molecule has 1 saturated carbocycles. The van der Waals surface area contributed by atoms with Crippen molar-refractivity contribution in [3.8, 4) is 11.4 Å². The molecule has 13 heteroatoms. The highest BCUT2D eigenvalue weighted by Crippen LogP contribution is 2.38. The molecule has 2 saturated heterocycles. The van der Waals surface area contributed by atoms with Crippen LogP contribution < -0.4 is 15.5 Å². The zero-order valence-electron chi connectivity index (χ0n) is 23.7. The molecule has 0 unspecified atom stereocenters. The Hall–Kier alpha value is -3.55. The molecule has 1 aliphatic carbocycles. The number of hydrogen-bond donors (Lipinski definition) is 3. The first kappa shape index (κ1) is 29.5. The smallest absolute Gasteiger partial charge is 0.384 e. The summed E-state index contributed by atoms with van der Waals surface area (Å²) in [6.45, 7) is 2.10. The van der Waals surface area contributed by atoms with Crippen molar-refractivity contribution in [2.45, 2.75) is 68.3 Å². The molecule has 1 atom stereocenters. The molecular weight excluding hydrogens is 561 g/mol. The van der Waals surface area contributed by atoms with E-state index in [0.717, 1.165) is 24.4 Å².